The highest BCUT2D eigenvalue weighted by Gasteiger charge is 2.24. The Morgan fingerprint density at radius 2 is 1.76 bits per heavy atom. The van der Waals surface area contributed by atoms with E-state index in [2.05, 4.69) is 20.2 Å². The summed E-state index contributed by atoms with van der Waals surface area (Å²) in [5, 5.41) is 3.19. The molecule has 0 saturated carbocycles. The van der Waals surface area contributed by atoms with Gasteiger partial charge in [0, 0.05) is 32.4 Å². The zero-order valence-electron chi connectivity index (χ0n) is 16.0. The number of nitrogens with zero attached hydrogens (tertiary/aromatic N) is 4. The SMILES string of the molecule is C[C@H](c1ccc(F)cc1)n1cnc(S(=O)(=O)c2ccc(N3CCNCC3)cn2)c1. The third kappa shape index (κ3) is 4.01. The lowest BCUT2D eigenvalue weighted by atomic mass is 10.1. The molecule has 7 nitrogen and oxygen atoms in total. The Balaban J connectivity index is 1.55. The quantitative estimate of drug-likeness (QED) is 0.689. The summed E-state index contributed by atoms with van der Waals surface area (Å²) in [5.74, 6) is -0.315. The van der Waals surface area contributed by atoms with Gasteiger partial charge in [-0.05, 0) is 36.8 Å². The number of imidazole rings is 1. The van der Waals surface area contributed by atoms with Crippen LogP contribution in [-0.2, 0) is 9.84 Å². The van der Waals surface area contributed by atoms with E-state index < -0.39 is 9.84 Å². The van der Waals surface area contributed by atoms with Gasteiger partial charge in [-0.15, -0.1) is 0 Å². The Morgan fingerprint density at radius 3 is 2.41 bits per heavy atom. The van der Waals surface area contributed by atoms with Crippen LogP contribution in [0.3, 0.4) is 0 Å². The molecule has 1 fully saturated rings. The van der Waals surface area contributed by atoms with E-state index in [-0.39, 0.29) is 21.9 Å². The van der Waals surface area contributed by atoms with Crippen molar-refractivity contribution >= 4 is 15.5 Å². The van der Waals surface area contributed by atoms with E-state index in [1.54, 1.807) is 29.0 Å². The Hall–Kier alpha value is -2.78. The number of aromatic nitrogens is 3. The van der Waals surface area contributed by atoms with E-state index in [1.807, 2.05) is 6.92 Å². The van der Waals surface area contributed by atoms with Crippen LogP contribution in [0.25, 0.3) is 0 Å². The predicted molar refractivity (Wildman–Crippen MR) is 107 cm³/mol. The maximum absolute atomic E-state index is 13.1. The van der Waals surface area contributed by atoms with Crippen molar-refractivity contribution in [1.29, 1.82) is 0 Å². The average molecular weight is 415 g/mol. The van der Waals surface area contributed by atoms with Crippen molar-refractivity contribution in [3.8, 4) is 0 Å². The number of sulfone groups is 1. The Labute approximate surface area is 169 Å². The third-order valence-electron chi connectivity index (χ3n) is 5.13. The van der Waals surface area contributed by atoms with Gasteiger partial charge in [-0.3, -0.25) is 0 Å². The van der Waals surface area contributed by atoms with Gasteiger partial charge in [0.15, 0.2) is 10.1 Å². The lowest BCUT2D eigenvalue weighted by molar-refractivity contribution is 0.584. The highest BCUT2D eigenvalue weighted by molar-refractivity contribution is 7.91. The van der Waals surface area contributed by atoms with Crippen LogP contribution in [0, 0.1) is 5.82 Å². The summed E-state index contributed by atoms with van der Waals surface area (Å²) in [6, 6.07) is 9.22. The molecular weight excluding hydrogens is 393 g/mol. The molecule has 0 amide bonds. The van der Waals surface area contributed by atoms with E-state index >= 15 is 0 Å². The minimum absolute atomic E-state index is 0.0314. The van der Waals surface area contributed by atoms with Gasteiger partial charge < -0.3 is 14.8 Å². The second kappa shape index (κ2) is 7.92. The highest BCUT2D eigenvalue weighted by atomic mass is 32.2. The van der Waals surface area contributed by atoms with Crippen LogP contribution in [0.1, 0.15) is 18.5 Å². The van der Waals surface area contributed by atoms with Crippen LogP contribution >= 0.6 is 0 Å². The number of halogens is 1. The molecule has 9 heteroatoms. The molecule has 0 radical (unpaired) electrons. The summed E-state index contributed by atoms with van der Waals surface area (Å²) in [4.78, 5) is 10.4. The fourth-order valence-corrected chi connectivity index (χ4v) is 4.43. The minimum atomic E-state index is -3.82. The Bertz CT molecular complexity index is 1070. The van der Waals surface area contributed by atoms with Gasteiger partial charge in [0.1, 0.15) is 5.82 Å². The van der Waals surface area contributed by atoms with Crippen LogP contribution in [0.15, 0.2) is 65.2 Å². The Kier molecular flexibility index (Phi) is 5.33. The molecule has 29 heavy (non-hydrogen) atoms. The Morgan fingerprint density at radius 1 is 1.03 bits per heavy atom. The molecule has 3 aromatic rings. The number of benzene rings is 1. The summed E-state index contributed by atoms with van der Waals surface area (Å²) in [5.41, 5.74) is 1.76. The van der Waals surface area contributed by atoms with E-state index in [4.69, 9.17) is 0 Å². The number of rotatable bonds is 5. The molecule has 1 N–H and O–H groups in total. The van der Waals surface area contributed by atoms with Crippen LogP contribution in [0.2, 0.25) is 0 Å². The van der Waals surface area contributed by atoms with Gasteiger partial charge in [0.25, 0.3) is 0 Å². The number of hydrogen-bond donors (Lipinski definition) is 1. The summed E-state index contributed by atoms with van der Waals surface area (Å²) in [6.07, 6.45) is 4.54. The van der Waals surface area contributed by atoms with E-state index in [0.29, 0.717) is 0 Å². The molecule has 4 rings (SSSR count). The van der Waals surface area contributed by atoms with Gasteiger partial charge in [-0.1, -0.05) is 12.1 Å². The van der Waals surface area contributed by atoms with Crippen LogP contribution in [0.5, 0.6) is 0 Å². The molecular formula is C20H22FN5O2S. The lowest BCUT2D eigenvalue weighted by Crippen LogP contribution is -2.43. The van der Waals surface area contributed by atoms with Gasteiger partial charge >= 0.3 is 0 Å². The van der Waals surface area contributed by atoms with Crippen molar-refractivity contribution in [1.82, 2.24) is 19.9 Å². The van der Waals surface area contributed by atoms with Gasteiger partial charge in [0.2, 0.25) is 9.84 Å². The standard InChI is InChI=1S/C20H22FN5O2S/c1-15(16-2-4-17(21)5-3-16)26-13-20(24-14-26)29(27,28)19-7-6-18(12-23-19)25-10-8-22-9-11-25/h2-7,12-15,22H,8-11H2,1H3/t15-/m1/s1. The first-order valence-corrected chi connectivity index (χ1v) is 10.9. The number of anilines is 1. The summed E-state index contributed by atoms with van der Waals surface area (Å²) in [6.45, 7) is 5.40. The second-order valence-corrected chi connectivity index (χ2v) is 8.83. The van der Waals surface area contributed by atoms with Crippen LogP contribution in [0.4, 0.5) is 10.1 Å². The third-order valence-corrected chi connectivity index (χ3v) is 6.68. The van der Waals surface area contributed by atoms with Crippen LogP contribution in [-0.4, -0.2) is 49.1 Å². The highest BCUT2D eigenvalue weighted by Crippen LogP contribution is 2.23. The van der Waals surface area contributed by atoms with E-state index in [0.717, 1.165) is 37.4 Å². The van der Waals surface area contributed by atoms with E-state index in [1.165, 1.54) is 30.7 Å². The molecule has 0 aliphatic carbocycles. The zero-order chi connectivity index (χ0) is 20.4. The topological polar surface area (TPSA) is 80.1 Å². The van der Waals surface area contributed by atoms with Crippen molar-refractivity contribution in [2.45, 2.75) is 23.0 Å². The number of nitrogens with one attached hydrogen (secondary N) is 1. The molecule has 1 aromatic carbocycles. The first-order valence-electron chi connectivity index (χ1n) is 9.41. The van der Waals surface area contributed by atoms with Gasteiger partial charge in [-0.25, -0.2) is 22.8 Å². The molecule has 3 heterocycles. The van der Waals surface area contributed by atoms with Gasteiger partial charge in [-0.2, -0.15) is 0 Å². The lowest BCUT2D eigenvalue weighted by Gasteiger charge is -2.29. The van der Waals surface area contributed by atoms with Crippen molar-refractivity contribution in [3.63, 3.8) is 0 Å². The molecule has 1 atom stereocenters. The van der Waals surface area contributed by atoms with Crippen molar-refractivity contribution in [2.24, 2.45) is 0 Å². The predicted octanol–water partition coefficient (Wildman–Crippen LogP) is 2.27. The molecule has 2 aromatic heterocycles. The second-order valence-electron chi connectivity index (χ2n) is 6.98. The molecule has 1 saturated heterocycles. The summed E-state index contributed by atoms with van der Waals surface area (Å²) in [7, 11) is -3.82. The van der Waals surface area contributed by atoms with E-state index in [9.17, 15) is 12.8 Å². The molecule has 152 valence electrons. The smallest absolute Gasteiger partial charge is 0.242 e. The monoisotopic (exact) mass is 415 g/mol. The van der Waals surface area contributed by atoms with Gasteiger partial charge in [0.05, 0.1) is 24.3 Å². The maximum Gasteiger partial charge on any atom is 0.242 e. The molecule has 0 spiro atoms. The number of piperazine rings is 1. The van der Waals surface area contributed by atoms with Crippen molar-refractivity contribution in [3.05, 3.63) is 66.5 Å². The normalized spacial score (nSPS) is 16.0. The minimum Gasteiger partial charge on any atom is -0.368 e. The van der Waals surface area contributed by atoms with Crippen LogP contribution < -0.4 is 10.2 Å². The summed E-state index contributed by atoms with van der Waals surface area (Å²) < 4.78 is 40.7. The zero-order valence-corrected chi connectivity index (χ0v) is 16.8. The molecule has 0 unspecified atom stereocenters. The molecule has 0 bridgehead atoms. The molecule has 1 aliphatic rings. The fraction of sp³-hybridized carbons (Fsp3) is 0.300. The fourth-order valence-electron chi connectivity index (χ4n) is 3.33. The number of pyridine rings is 1. The largest absolute Gasteiger partial charge is 0.368 e. The van der Waals surface area contributed by atoms with Crippen molar-refractivity contribution < 1.29 is 12.8 Å². The number of hydrogen-bond acceptors (Lipinski definition) is 6. The first kappa shape index (κ1) is 19.5. The average Bonchev–Trinajstić information content (AvgIpc) is 3.26. The molecule has 1 aliphatic heterocycles. The first-order chi connectivity index (χ1) is 13.9. The summed E-state index contributed by atoms with van der Waals surface area (Å²) >= 11 is 0. The maximum atomic E-state index is 13.1. The van der Waals surface area contributed by atoms with Crippen molar-refractivity contribution in [2.75, 3.05) is 31.1 Å².